The van der Waals surface area contributed by atoms with Gasteiger partial charge in [0.05, 0.1) is 12.3 Å². The highest BCUT2D eigenvalue weighted by molar-refractivity contribution is 5.93. The van der Waals surface area contributed by atoms with Crippen LogP contribution in [0.25, 0.3) is 5.69 Å². The lowest BCUT2D eigenvalue weighted by Crippen LogP contribution is -2.24. The fourth-order valence-electron chi connectivity index (χ4n) is 2.50. The van der Waals surface area contributed by atoms with Crippen LogP contribution in [0.3, 0.4) is 0 Å². The molecule has 0 radical (unpaired) electrons. The molecule has 1 heterocycles. The number of amides is 1. The van der Waals surface area contributed by atoms with Gasteiger partial charge in [0.15, 0.2) is 5.69 Å². The third-order valence-corrected chi connectivity index (χ3v) is 3.83. The molecule has 0 unspecified atom stereocenters. The summed E-state index contributed by atoms with van der Waals surface area (Å²) in [4.78, 5) is 12.5. The smallest absolute Gasteiger partial charge is 0.274 e. The minimum absolute atomic E-state index is 0.245. The summed E-state index contributed by atoms with van der Waals surface area (Å²) in [5.41, 5.74) is 3.91. The highest BCUT2D eigenvalue weighted by Crippen LogP contribution is 2.15. The van der Waals surface area contributed by atoms with Crippen LogP contribution in [-0.2, 0) is 17.9 Å². The fraction of sp³-hybridized carbons (Fsp3) is 0.211. The van der Waals surface area contributed by atoms with E-state index >= 15 is 0 Å². The summed E-state index contributed by atoms with van der Waals surface area (Å²) in [5, 5.41) is 11.1. The molecule has 0 saturated heterocycles. The molecule has 3 rings (SSSR count). The van der Waals surface area contributed by atoms with Gasteiger partial charge in [-0.3, -0.25) is 4.79 Å². The molecule has 1 amide bonds. The number of hydrogen-bond donors (Lipinski definition) is 1. The third kappa shape index (κ3) is 3.92. The number of methoxy groups -OCH3 is 1. The van der Waals surface area contributed by atoms with Gasteiger partial charge in [-0.05, 0) is 24.6 Å². The van der Waals surface area contributed by atoms with Gasteiger partial charge in [-0.15, -0.1) is 5.10 Å². The second-order valence-electron chi connectivity index (χ2n) is 5.73. The molecular weight excluding hydrogens is 316 g/mol. The van der Waals surface area contributed by atoms with Crippen molar-refractivity contribution in [3.05, 3.63) is 77.1 Å². The summed E-state index contributed by atoms with van der Waals surface area (Å²) < 4.78 is 6.88. The molecule has 25 heavy (non-hydrogen) atoms. The van der Waals surface area contributed by atoms with Gasteiger partial charge < -0.3 is 10.1 Å². The van der Waals surface area contributed by atoms with Gasteiger partial charge in [-0.25, -0.2) is 4.68 Å². The first-order valence-corrected chi connectivity index (χ1v) is 8.01. The van der Waals surface area contributed by atoms with Crippen LogP contribution in [0.15, 0.2) is 54.6 Å². The molecule has 0 saturated carbocycles. The Morgan fingerprint density at radius 2 is 1.84 bits per heavy atom. The van der Waals surface area contributed by atoms with Crippen LogP contribution in [0.1, 0.15) is 27.3 Å². The Labute approximate surface area is 146 Å². The molecular formula is C19H20N4O2. The van der Waals surface area contributed by atoms with Crippen molar-refractivity contribution in [1.29, 1.82) is 0 Å². The molecule has 0 aliphatic rings. The summed E-state index contributed by atoms with van der Waals surface area (Å²) in [6, 6.07) is 17.6. The maximum Gasteiger partial charge on any atom is 0.274 e. The van der Waals surface area contributed by atoms with Crippen molar-refractivity contribution in [2.45, 2.75) is 20.1 Å². The van der Waals surface area contributed by atoms with E-state index in [9.17, 15) is 4.79 Å². The zero-order valence-corrected chi connectivity index (χ0v) is 14.3. The number of benzene rings is 2. The average Bonchev–Trinajstić information content (AvgIpc) is 3.05. The van der Waals surface area contributed by atoms with Crippen LogP contribution in [0.2, 0.25) is 0 Å². The normalized spacial score (nSPS) is 10.6. The monoisotopic (exact) mass is 336 g/mol. The summed E-state index contributed by atoms with van der Waals surface area (Å²) in [6.07, 6.45) is 0. The second-order valence-corrected chi connectivity index (χ2v) is 5.73. The Bertz CT molecular complexity index is 842. The van der Waals surface area contributed by atoms with Crippen molar-refractivity contribution in [1.82, 2.24) is 20.3 Å². The van der Waals surface area contributed by atoms with Gasteiger partial charge in [0, 0.05) is 13.7 Å². The highest BCUT2D eigenvalue weighted by Gasteiger charge is 2.20. The number of nitrogens with one attached hydrogen (secondary N) is 1. The number of aromatic nitrogens is 3. The Hall–Kier alpha value is -2.99. The Morgan fingerprint density at radius 3 is 2.52 bits per heavy atom. The zero-order chi connectivity index (χ0) is 17.6. The SMILES string of the molecule is COCc1c(C(=O)NCc2ccccc2)nnn1-c1ccc(C)cc1. The van der Waals surface area contributed by atoms with Crippen molar-refractivity contribution in [2.75, 3.05) is 7.11 Å². The number of aryl methyl sites for hydroxylation is 1. The molecule has 3 aromatic rings. The van der Waals surface area contributed by atoms with Crippen molar-refractivity contribution in [3.8, 4) is 5.69 Å². The lowest BCUT2D eigenvalue weighted by Gasteiger charge is -2.08. The molecule has 0 aliphatic heterocycles. The summed E-state index contributed by atoms with van der Waals surface area (Å²) in [5.74, 6) is -0.269. The van der Waals surface area contributed by atoms with Crippen LogP contribution in [0.4, 0.5) is 0 Å². The van der Waals surface area contributed by atoms with E-state index in [2.05, 4.69) is 15.6 Å². The van der Waals surface area contributed by atoms with Crippen molar-refractivity contribution >= 4 is 5.91 Å². The molecule has 6 heteroatoms. The average molecular weight is 336 g/mol. The lowest BCUT2D eigenvalue weighted by atomic mass is 10.2. The zero-order valence-electron chi connectivity index (χ0n) is 14.3. The number of ether oxygens (including phenoxy) is 1. The number of rotatable bonds is 6. The van der Waals surface area contributed by atoms with Crippen molar-refractivity contribution in [2.24, 2.45) is 0 Å². The number of carbonyl (C=O) groups is 1. The van der Waals surface area contributed by atoms with Gasteiger partial charge in [0.1, 0.15) is 5.69 Å². The molecule has 1 N–H and O–H groups in total. The van der Waals surface area contributed by atoms with E-state index in [0.29, 0.717) is 12.2 Å². The van der Waals surface area contributed by atoms with Crippen LogP contribution in [0.5, 0.6) is 0 Å². The minimum atomic E-state index is -0.269. The first-order chi connectivity index (χ1) is 12.2. The molecule has 0 spiro atoms. The number of hydrogen-bond acceptors (Lipinski definition) is 4. The van der Waals surface area contributed by atoms with E-state index in [4.69, 9.17) is 4.74 Å². The second kappa shape index (κ2) is 7.72. The van der Waals surface area contributed by atoms with Gasteiger partial charge in [-0.2, -0.15) is 0 Å². The lowest BCUT2D eigenvalue weighted by molar-refractivity contribution is 0.0940. The van der Waals surface area contributed by atoms with E-state index in [1.807, 2.05) is 61.5 Å². The van der Waals surface area contributed by atoms with Crippen LogP contribution in [-0.4, -0.2) is 28.0 Å². The van der Waals surface area contributed by atoms with E-state index in [1.54, 1.807) is 11.8 Å². The fourth-order valence-corrected chi connectivity index (χ4v) is 2.50. The molecule has 0 atom stereocenters. The molecule has 1 aromatic heterocycles. The summed E-state index contributed by atoms with van der Waals surface area (Å²) in [7, 11) is 1.58. The Morgan fingerprint density at radius 1 is 1.12 bits per heavy atom. The third-order valence-electron chi connectivity index (χ3n) is 3.83. The maximum absolute atomic E-state index is 12.5. The van der Waals surface area contributed by atoms with Crippen LogP contribution >= 0.6 is 0 Å². The Balaban J connectivity index is 1.83. The molecule has 0 bridgehead atoms. The predicted molar refractivity (Wildman–Crippen MR) is 94.4 cm³/mol. The van der Waals surface area contributed by atoms with E-state index in [-0.39, 0.29) is 18.2 Å². The minimum Gasteiger partial charge on any atom is -0.378 e. The van der Waals surface area contributed by atoms with Gasteiger partial charge in [0.25, 0.3) is 5.91 Å². The topological polar surface area (TPSA) is 69.0 Å². The molecule has 0 fully saturated rings. The summed E-state index contributed by atoms with van der Waals surface area (Å²) in [6.45, 7) is 2.70. The summed E-state index contributed by atoms with van der Waals surface area (Å²) >= 11 is 0. The van der Waals surface area contributed by atoms with Gasteiger partial charge >= 0.3 is 0 Å². The van der Waals surface area contributed by atoms with Crippen LogP contribution in [0, 0.1) is 6.92 Å². The first-order valence-electron chi connectivity index (χ1n) is 8.01. The van der Waals surface area contributed by atoms with Crippen LogP contribution < -0.4 is 5.32 Å². The van der Waals surface area contributed by atoms with Crippen molar-refractivity contribution in [3.63, 3.8) is 0 Å². The molecule has 6 nitrogen and oxygen atoms in total. The van der Waals surface area contributed by atoms with Crippen molar-refractivity contribution < 1.29 is 9.53 Å². The quantitative estimate of drug-likeness (QED) is 0.751. The number of carbonyl (C=O) groups excluding carboxylic acids is 1. The highest BCUT2D eigenvalue weighted by atomic mass is 16.5. The molecule has 2 aromatic carbocycles. The van der Waals surface area contributed by atoms with Gasteiger partial charge in [-0.1, -0.05) is 53.2 Å². The van der Waals surface area contributed by atoms with E-state index < -0.39 is 0 Å². The molecule has 128 valence electrons. The maximum atomic E-state index is 12.5. The van der Waals surface area contributed by atoms with Gasteiger partial charge in [0.2, 0.25) is 0 Å². The predicted octanol–water partition coefficient (Wildman–Crippen LogP) is 2.65. The van der Waals surface area contributed by atoms with E-state index in [1.165, 1.54) is 0 Å². The standard InChI is InChI=1S/C19H20N4O2/c1-14-8-10-16(11-9-14)23-17(13-25-2)18(21-22-23)19(24)20-12-15-6-4-3-5-7-15/h3-11H,12-13H2,1-2H3,(H,20,24). The number of nitrogens with zero attached hydrogens (tertiary/aromatic N) is 3. The van der Waals surface area contributed by atoms with E-state index in [0.717, 1.165) is 16.8 Å². The first kappa shape index (κ1) is 16.9. The molecule has 0 aliphatic carbocycles. The largest absolute Gasteiger partial charge is 0.378 e. The Kier molecular flexibility index (Phi) is 5.20.